The maximum absolute atomic E-state index is 12.2. The first kappa shape index (κ1) is 15.3. The van der Waals surface area contributed by atoms with Gasteiger partial charge in [-0.1, -0.05) is 17.7 Å². The summed E-state index contributed by atoms with van der Waals surface area (Å²) >= 11 is 10.7. The molecule has 0 saturated heterocycles. The molecule has 2 rings (SSSR count). The number of anilines is 1. The SMILES string of the molecule is COc1c(Br)cc(Cl)cc1NC(=O)C(N)c1cccs1. The van der Waals surface area contributed by atoms with Gasteiger partial charge in [-0.15, -0.1) is 11.3 Å². The van der Waals surface area contributed by atoms with E-state index in [1.54, 1.807) is 12.1 Å². The van der Waals surface area contributed by atoms with Crippen LogP contribution in [0.1, 0.15) is 10.9 Å². The van der Waals surface area contributed by atoms with E-state index in [9.17, 15) is 4.79 Å². The van der Waals surface area contributed by atoms with E-state index in [0.29, 0.717) is 20.9 Å². The normalized spacial score (nSPS) is 12.0. The number of carbonyl (C=O) groups is 1. The molecule has 106 valence electrons. The summed E-state index contributed by atoms with van der Waals surface area (Å²) in [6.07, 6.45) is 0. The Bertz CT molecular complexity index is 619. The quantitative estimate of drug-likeness (QED) is 0.854. The average molecular weight is 376 g/mol. The molecular formula is C13H12BrClN2O2S. The molecule has 2 aromatic rings. The van der Waals surface area contributed by atoms with Crippen molar-refractivity contribution in [3.05, 3.63) is 44.0 Å². The Labute approximate surface area is 134 Å². The number of benzene rings is 1. The zero-order valence-corrected chi connectivity index (χ0v) is 13.7. The Morgan fingerprint density at radius 1 is 1.55 bits per heavy atom. The molecule has 0 bridgehead atoms. The highest BCUT2D eigenvalue weighted by atomic mass is 79.9. The van der Waals surface area contributed by atoms with Crippen molar-refractivity contribution in [1.82, 2.24) is 0 Å². The summed E-state index contributed by atoms with van der Waals surface area (Å²) in [6, 6.07) is 6.25. The lowest BCUT2D eigenvalue weighted by molar-refractivity contribution is -0.117. The fraction of sp³-hybridized carbons (Fsp3) is 0.154. The van der Waals surface area contributed by atoms with Crippen molar-refractivity contribution in [3.8, 4) is 5.75 Å². The van der Waals surface area contributed by atoms with Crippen molar-refractivity contribution in [1.29, 1.82) is 0 Å². The third-order valence-electron chi connectivity index (χ3n) is 2.60. The molecule has 0 saturated carbocycles. The fourth-order valence-corrected chi connectivity index (χ4v) is 3.37. The fourth-order valence-electron chi connectivity index (χ4n) is 1.67. The number of halogens is 2. The maximum atomic E-state index is 12.2. The van der Waals surface area contributed by atoms with Crippen LogP contribution >= 0.6 is 38.9 Å². The van der Waals surface area contributed by atoms with E-state index in [1.807, 2.05) is 17.5 Å². The summed E-state index contributed by atoms with van der Waals surface area (Å²) in [5, 5.41) is 5.09. The van der Waals surface area contributed by atoms with Crippen LogP contribution < -0.4 is 15.8 Å². The van der Waals surface area contributed by atoms with Gasteiger partial charge in [0.15, 0.2) is 5.75 Å². The highest BCUT2D eigenvalue weighted by Crippen LogP contribution is 2.36. The first-order valence-electron chi connectivity index (χ1n) is 5.66. The van der Waals surface area contributed by atoms with E-state index in [1.165, 1.54) is 18.4 Å². The third kappa shape index (κ3) is 3.32. The van der Waals surface area contributed by atoms with Crippen molar-refractivity contribution < 1.29 is 9.53 Å². The van der Waals surface area contributed by atoms with Gasteiger partial charge in [-0.2, -0.15) is 0 Å². The highest BCUT2D eigenvalue weighted by molar-refractivity contribution is 9.10. The monoisotopic (exact) mass is 374 g/mol. The molecule has 0 fully saturated rings. The molecule has 1 unspecified atom stereocenters. The Kier molecular flexibility index (Phi) is 5.04. The highest BCUT2D eigenvalue weighted by Gasteiger charge is 2.19. The number of carbonyl (C=O) groups excluding carboxylic acids is 1. The Balaban J connectivity index is 2.23. The summed E-state index contributed by atoms with van der Waals surface area (Å²) < 4.78 is 5.90. The first-order chi connectivity index (χ1) is 9.52. The maximum Gasteiger partial charge on any atom is 0.246 e. The summed E-state index contributed by atoms with van der Waals surface area (Å²) in [7, 11) is 1.52. The van der Waals surface area contributed by atoms with Gasteiger partial charge in [-0.05, 0) is 39.5 Å². The summed E-state index contributed by atoms with van der Waals surface area (Å²) in [5.41, 5.74) is 6.39. The van der Waals surface area contributed by atoms with Gasteiger partial charge in [-0.25, -0.2) is 0 Å². The minimum atomic E-state index is -0.725. The molecule has 0 aliphatic rings. The first-order valence-corrected chi connectivity index (χ1v) is 7.71. The zero-order valence-electron chi connectivity index (χ0n) is 10.5. The van der Waals surface area contributed by atoms with Crippen molar-refractivity contribution in [3.63, 3.8) is 0 Å². The number of hydrogen-bond acceptors (Lipinski definition) is 4. The lowest BCUT2D eigenvalue weighted by atomic mass is 10.2. The lowest BCUT2D eigenvalue weighted by Gasteiger charge is -2.15. The van der Waals surface area contributed by atoms with Crippen LogP contribution in [-0.2, 0) is 4.79 Å². The van der Waals surface area contributed by atoms with Crippen LogP contribution in [0.3, 0.4) is 0 Å². The minimum Gasteiger partial charge on any atom is -0.493 e. The van der Waals surface area contributed by atoms with E-state index in [0.717, 1.165) is 4.88 Å². The predicted molar refractivity (Wildman–Crippen MR) is 85.6 cm³/mol. The van der Waals surface area contributed by atoms with E-state index in [-0.39, 0.29) is 5.91 Å². The van der Waals surface area contributed by atoms with Crippen LogP contribution in [0.15, 0.2) is 34.1 Å². The molecule has 0 radical (unpaired) electrons. The average Bonchev–Trinajstić information content (AvgIpc) is 2.91. The summed E-state index contributed by atoms with van der Waals surface area (Å²) in [5.74, 6) is 0.182. The molecule has 1 aromatic heterocycles. The second kappa shape index (κ2) is 6.58. The molecule has 0 spiro atoms. The van der Waals surface area contributed by atoms with Gasteiger partial charge < -0.3 is 15.8 Å². The van der Waals surface area contributed by atoms with Crippen molar-refractivity contribution in [2.24, 2.45) is 5.73 Å². The van der Waals surface area contributed by atoms with E-state index >= 15 is 0 Å². The van der Waals surface area contributed by atoms with Crippen LogP contribution in [0.5, 0.6) is 5.75 Å². The van der Waals surface area contributed by atoms with E-state index in [2.05, 4.69) is 21.2 Å². The van der Waals surface area contributed by atoms with Crippen molar-refractivity contribution >= 4 is 50.5 Å². The predicted octanol–water partition coefficient (Wildman–Crippen LogP) is 3.81. The molecule has 0 aliphatic heterocycles. The standard InChI is InChI=1S/C13H12BrClN2O2S/c1-19-12-8(14)5-7(15)6-9(12)17-13(18)11(16)10-3-2-4-20-10/h2-6,11H,16H2,1H3,(H,17,18). The minimum absolute atomic E-state index is 0.320. The molecule has 1 amide bonds. The number of nitrogens with one attached hydrogen (secondary N) is 1. The number of ether oxygens (including phenoxy) is 1. The Morgan fingerprint density at radius 2 is 2.30 bits per heavy atom. The molecule has 1 heterocycles. The smallest absolute Gasteiger partial charge is 0.246 e. The molecule has 1 atom stereocenters. The van der Waals surface area contributed by atoms with Gasteiger partial charge in [0.25, 0.3) is 0 Å². The molecule has 7 heteroatoms. The number of rotatable bonds is 4. The lowest BCUT2D eigenvalue weighted by Crippen LogP contribution is -2.27. The van der Waals surface area contributed by atoms with Crippen molar-refractivity contribution in [2.75, 3.05) is 12.4 Å². The largest absolute Gasteiger partial charge is 0.493 e. The third-order valence-corrected chi connectivity index (χ3v) is 4.37. The molecule has 3 N–H and O–H groups in total. The molecule has 0 aliphatic carbocycles. The van der Waals surface area contributed by atoms with Crippen LogP contribution in [0.25, 0.3) is 0 Å². The summed E-state index contributed by atoms with van der Waals surface area (Å²) in [6.45, 7) is 0. The summed E-state index contributed by atoms with van der Waals surface area (Å²) in [4.78, 5) is 13.0. The molecule has 20 heavy (non-hydrogen) atoms. The molecule has 4 nitrogen and oxygen atoms in total. The molecule has 1 aromatic carbocycles. The topological polar surface area (TPSA) is 64.3 Å². The van der Waals surface area contributed by atoms with Gasteiger partial charge in [0.2, 0.25) is 5.91 Å². The number of thiophene rings is 1. The zero-order chi connectivity index (χ0) is 14.7. The second-order valence-corrected chi connectivity index (χ2v) is 6.22. The van der Waals surface area contributed by atoms with Gasteiger partial charge >= 0.3 is 0 Å². The van der Waals surface area contributed by atoms with E-state index < -0.39 is 6.04 Å². The Morgan fingerprint density at radius 3 is 2.90 bits per heavy atom. The number of amides is 1. The Hall–Kier alpha value is -1.08. The van der Waals surface area contributed by atoms with Gasteiger partial charge in [-0.3, -0.25) is 4.79 Å². The van der Waals surface area contributed by atoms with Gasteiger partial charge in [0.1, 0.15) is 6.04 Å². The second-order valence-electron chi connectivity index (χ2n) is 3.95. The van der Waals surface area contributed by atoms with Crippen molar-refractivity contribution in [2.45, 2.75) is 6.04 Å². The van der Waals surface area contributed by atoms with E-state index in [4.69, 9.17) is 22.1 Å². The van der Waals surface area contributed by atoms with Crippen LogP contribution in [0.4, 0.5) is 5.69 Å². The van der Waals surface area contributed by atoms with Gasteiger partial charge in [0, 0.05) is 9.90 Å². The van der Waals surface area contributed by atoms with Crippen LogP contribution in [0.2, 0.25) is 5.02 Å². The molecular weight excluding hydrogens is 364 g/mol. The number of hydrogen-bond donors (Lipinski definition) is 2. The number of methoxy groups -OCH3 is 1. The van der Waals surface area contributed by atoms with Crippen LogP contribution in [-0.4, -0.2) is 13.0 Å². The van der Waals surface area contributed by atoms with Gasteiger partial charge in [0.05, 0.1) is 17.3 Å². The van der Waals surface area contributed by atoms with Crippen LogP contribution in [0, 0.1) is 0 Å². The number of nitrogens with two attached hydrogens (primary N) is 1.